The second-order valence-electron chi connectivity index (χ2n) is 27.6. The van der Waals surface area contributed by atoms with E-state index in [0.717, 1.165) is 122 Å². The molecular weight excluding hydrogens is 1270 g/mol. The number of allylic oxidation sites excluding steroid dienone is 26. The third kappa shape index (κ3) is 84.5. The van der Waals surface area contributed by atoms with E-state index in [2.05, 4.69) is 172 Å². The SMILES string of the molecule is CC/C=C\C/C=C\C/C=C\C/C=C\C/C=C\C/C=C\C/C=C\CCCCCCCCCCCCCCCCCCCCCC(=O)OC(COC(=O)CCCCCCCCCCCCCCCCCCCCCC/C=C\C/C=C\C/C=C\C/C=C\C/C=C\C/C=C\CC)COP(=O)(O)OCCN. The predicted octanol–water partition coefficient (Wildman–Crippen LogP) is 28.6. The minimum atomic E-state index is -4.40. The second-order valence-corrected chi connectivity index (χ2v) is 29.0. The van der Waals surface area contributed by atoms with Crippen molar-refractivity contribution in [1.29, 1.82) is 0 Å². The summed E-state index contributed by atoms with van der Waals surface area (Å²) >= 11 is 0. The van der Waals surface area contributed by atoms with E-state index >= 15 is 0 Å². The number of carbonyl (C=O) groups excluding carboxylic acids is 2. The van der Waals surface area contributed by atoms with Gasteiger partial charge in [-0.15, -0.1) is 0 Å². The fraction of sp³-hybridized carbons (Fsp3) is 0.692. The van der Waals surface area contributed by atoms with Crippen LogP contribution < -0.4 is 5.73 Å². The van der Waals surface area contributed by atoms with Crippen LogP contribution in [0.25, 0.3) is 0 Å². The number of unbranched alkanes of at least 4 members (excludes halogenated alkanes) is 39. The molecule has 10 heteroatoms. The first kappa shape index (κ1) is 96.6. The van der Waals surface area contributed by atoms with E-state index in [0.29, 0.717) is 6.42 Å². The van der Waals surface area contributed by atoms with Crippen LogP contribution in [0.4, 0.5) is 0 Å². The summed E-state index contributed by atoms with van der Waals surface area (Å²) in [5.41, 5.74) is 5.42. The zero-order valence-electron chi connectivity index (χ0n) is 65.3. The molecule has 9 nitrogen and oxygen atoms in total. The van der Waals surface area contributed by atoms with Crippen LogP contribution >= 0.6 is 7.82 Å². The minimum absolute atomic E-state index is 0.0508. The number of carbonyl (C=O) groups is 2. The molecule has 0 heterocycles. The van der Waals surface area contributed by atoms with Gasteiger partial charge in [-0.3, -0.25) is 18.6 Å². The molecule has 101 heavy (non-hydrogen) atoms. The standard InChI is InChI=1S/C91H156NO8P/c1-3-5-7-9-11-13-15-17-19-21-23-25-27-29-31-33-35-37-39-41-43-44-46-48-50-52-54-56-58-60-62-64-66-68-70-72-74-76-78-80-82-84-91(94)100-89(88-99-101(95,96)98-86-85-92)87-97-90(93)83-81-79-77-75-73-71-69-67-65-63-61-59-57-55-53-51-49-47-45-42-40-38-36-34-32-30-28-26-24-22-20-18-16-14-12-10-8-6-4-2/h5-8,11-14,17-20,23-26,29-32,35-38,41,43,89H,3-4,9-10,15-16,21-22,27-28,33-34,39-40,42,44-88,92H2,1-2H3,(H,95,96)/b7-5-,8-6-,13-11-,14-12-,19-17-,20-18-,25-23-,26-24-,31-29-,32-30-,37-35-,38-36-,43-41-. The molecule has 3 N–H and O–H groups in total. The number of phosphoric acid groups is 1. The molecular formula is C91H156NO8P. The van der Waals surface area contributed by atoms with Gasteiger partial charge in [-0.25, -0.2) is 4.57 Å². The van der Waals surface area contributed by atoms with Gasteiger partial charge < -0.3 is 20.1 Å². The summed E-state index contributed by atoms with van der Waals surface area (Å²) in [6.45, 7) is 3.55. The molecule has 0 saturated heterocycles. The fourth-order valence-corrected chi connectivity index (χ4v) is 12.6. The van der Waals surface area contributed by atoms with Crippen LogP contribution in [0.5, 0.6) is 0 Å². The van der Waals surface area contributed by atoms with Crippen molar-refractivity contribution in [3.63, 3.8) is 0 Å². The van der Waals surface area contributed by atoms with Gasteiger partial charge in [-0.2, -0.15) is 0 Å². The number of phosphoric ester groups is 1. The summed E-state index contributed by atoms with van der Waals surface area (Å²) in [5.74, 6) is -0.815. The summed E-state index contributed by atoms with van der Waals surface area (Å²) < 4.78 is 33.3. The quantitative estimate of drug-likeness (QED) is 0.0264. The van der Waals surface area contributed by atoms with Gasteiger partial charge in [0.2, 0.25) is 0 Å². The van der Waals surface area contributed by atoms with Gasteiger partial charge in [-0.05, 0) is 122 Å². The Morgan fingerprint density at radius 1 is 0.297 bits per heavy atom. The first-order valence-corrected chi connectivity index (χ1v) is 43.5. The number of hydrogen-bond donors (Lipinski definition) is 2. The summed E-state index contributed by atoms with van der Waals surface area (Å²) in [7, 11) is -4.40. The molecule has 0 fully saturated rings. The van der Waals surface area contributed by atoms with E-state index in [4.69, 9.17) is 24.3 Å². The van der Waals surface area contributed by atoms with Crippen molar-refractivity contribution >= 4 is 19.8 Å². The number of rotatable bonds is 78. The molecule has 0 radical (unpaired) electrons. The zero-order chi connectivity index (χ0) is 72.9. The van der Waals surface area contributed by atoms with E-state index in [1.165, 1.54) is 218 Å². The summed E-state index contributed by atoms with van der Waals surface area (Å²) in [6, 6.07) is 0. The Morgan fingerprint density at radius 2 is 0.515 bits per heavy atom. The Hall–Kier alpha value is -4.37. The summed E-state index contributed by atoms with van der Waals surface area (Å²) in [5, 5.41) is 0. The lowest BCUT2D eigenvalue weighted by molar-refractivity contribution is -0.161. The molecule has 0 amide bonds. The summed E-state index contributed by atoms with van der Waals surface area (Å²) in [6.07, 6.45) is 124. The molecule has 0 saturated carbocycles. The van der Waals surface area contributed by atoms with Crippen molar-refractivity contribution in [3.05, 3.63) is 158 Å². The van der Waals surface area contributed by atoms with Gasteiger partial charge in [0.05, 0.1) is 13.2 Å². The van der Waals surface area contributed by atoms with Crippen LogP contribution in [-0.4, -0.2) is 49.3 Å². The first-order valence-electron chi connectivity index (χ1n) is 42.0. The van der Waals surface area contributed by atoms with E-state index < -0.39 is 26.5 Å². The molecule has 0 aromatic rings. The molecule has 0 rings (SSSR count). The number of nitrogens with two attached hydrogens (primary N) is 1. The highest BCUT2D eigenvalue weighted by molar-refractivity contribution is 7.47. The average molecular weight is 1420 g/mol. The third-order valence-corrected chi connectivity index (χ3v) is 18.9. The molecule has 0 aromatic heterocycles. The normalized spacial score (nSPS) is 13.7. The maximum absolute atomic E-state index is 12.8. The van der Waals surface area contributed by atoms with E-state index in [9.17, 15) is 19.0 Å². The minimum Gasteiger partial charge on any atom is -0.462 e. The Bertz CT molecular complexity index is 2230. The molecule has 2 atom stereocenters. The molecule has 0 aromatic carbocycles. The lowest BCUT2D eigenvalue weighted by Crippen LogP contribution is -2.29. The van der Waals surface area contributed by atoms with Crippen molar-refractivity contribution in [3.8, 4) is 0 Å². The van der Waals surface area contributed by atoms with Gasteiger partial charge in [0.15, 0.2) is 6.10 Å². The predicted molar refractivity (Wildman–Crippen MR) is 440 cm³/mol. The number of hydrogen-bond acceptors (Lipinski definition) is 8. The molecule has 0 aliphatic carbocycles. The fourth-order valence-electron chi connectivity index (χ4n) is 11.8. The topological polar surface area (TPSA) is 134 Å². The van der Waals surface area contributed by atoms with Crippen LogP contribution in [0.15, 0.2) is 158 Å². The first-order chi connectivity index (χ1) is 49.8. The van der Waals surface area contributed by atoms with Gasteiger partial charge in [-0.1, -0.05) is 397 Å². The largest absolute Gasteiger partial charge is 0.472 e. The van der Waals surface area contributed by atoms with Gasteiger partial charge in [0, 0.05) is 19.4 Å². The molecule has 0 bridgehead atoms. The smallest absolute Gasteiger partial charge is 0.462 e. The molecule has 0 aliphatic rings. The van der Waals surface area contributed by atoms with Crippen molar-refractivity contribution in [2.75, 3.05) is 26.4 Å². The van der Waals surface area contributed by atoms with Gasteiger partial charge in [0.25, 0.3) is 0 Å². The van der Waals surface area contributed by atoms with Crippen LogP contribution in [0.2, 0.25) is 0 Å². The summed E-state index contributed by atoms with van der Waals surface area (Å²) in [4.78, 5) is 35.5. The maximum atomic E-state index is 12.8. The van der Waals surface area contributed by atoms with E-state index in [1.54, 1.807) is 0 Å². The maximum Gasteiger partial charge on any atom is 0.472 e. The molecule has 2 unspecified atom stereocenters. The lowest BCUT2D eigenvalue weighted by atomic mass is 10.0. The van der Waals surface area contributed by atoms with Crippen molar-refractivity contribution in [1.82, 2.24) is 0 Å². The molecule has 0 spiro atoms. The van der Waals surface area contributed by atoms with Crippen LogP contribution in [0.1, 0.15) is 373 Å². The van der Waals surface area contributed by atoms with Crippen LogP contribution in [0.3, 0.4) is 0 Å². The van der Waals surface area contributed by atoms with Crippen LogP contribution in [-0.2, 0) is 32.7 Å². The van der Waals surface area contributed by atoms with E-state index in [-0.39, 0.29) is 38.6 Å². The van der Waals surface area contributed by atoms with Gasteiger partial charge in [0.1, 0.15) is 6.61 Å². The van der Waals surface area contributed by atoms with Crippen molar-refractivity contribution in [2.24, 2.45) is 5.73 Å². The Labute approximate surface area is 623 Å². The van der Waals surface area contributed by atoms with E-state index in [1.807, 2.05) is 0 Å². The average Bonchev–Trinajstić information content (AvgIpc) is 1.04. The van der Waals surface area contributed by atoms with Crippen molar-refractivity contribution in [2.45, 2.75) is 380 Å². The highest BCUT2D eigenvalue weighted by Gasteiger charge is 2.26. The number of esters is 2. The van der Waals surface area contributed by atoms with Crippen molar-refractivity contribution < 1.29 is 37.6 Å². The van der Waals surface area contributed by atoms with Crippen LogP contribution in [0, 0.1) is 0 Å². The monoisotopic (exact) mass is 1420 g/mol. The Kier molecular flexibility index (Phi) is 80.9. The molecule has 0 aliphatic heterocycles. The molecule has 578 valence electrons. The third-order valence-electron chi connectivity index (χ3n) is 17.9. The highest BCUT2D eigenvalue weighted by atomic mass is 31.2. The Morgan fingerprint density at radius 3 is 0.762 bits per heavy atom. The highest BCUT2D eigenvalue weighted by Crippen LogP contribution is 2.43. The zero-order valence-corrected chi connectivity index (χ0v) is 66.2. The second kappa shape index (κ2) is 84.6. The van der Waals surface area contributed by atoms with Gasteiger partial charge >= 0.3 is 19.8 Å². The Balaban J connectivity index is 3.79. The number of ether oxygens (including phenoxy) is 2. The lowest BCUT2D eigenvalue weighted by Gasteiger charge is -2.19.